The lowest BCUT2D eigenvalue weighted by Crippen LogP contribution is -2.13. The minimum absolute atomic E-state index is 0.255. The molecule has 2 heterocycles. The average molecular weight is 275 g/mol. The van der Waals surface area contributed by atoms with Crippen molar-refractivity contribution < 1.29 is 4.52 Å². The molecule has 0 bridgehead atoms. The van der Waals surface area contributed by atoms with E-state index in [-0.39, 0.29) is 6.04 Å². The Morgan fingerprint density at radius 3 is 2.95 bits per heavy atom. The molecule has 5 heteroatoms. The molecule has 0 spiro atoms. The summed E-state index contributed by atoms with van der Waals surface area (Å²) in [5, 5.41) is 7.41. The van der Waals surface area contributed by atoms with Gasteiger partial charge < -0.3 is 9.84 Å². The maximum absolute atomic E-state index is 5.32. The fraction of sp³-hybridized carbons (Fsp3) is 0.429. The molecule has 19 heavy (non-hydrogen) atoms. The number of aromatic nitrogens is 2. The minimum atomic E-state index is 0.255. The van der Waals surface area contributed by atoms with E-state index in [9.17, 15) is 0 Å². The maximum atomic E-state index is 5.32. The maximum Gasteiger partial charge on any atom is 0.243 e. The molecule has 3 rings (SSSR count). The van der Waals surface area contributed by atoms with Crippen LogP contribution in [0.4, 0.5) is 0 Å². The highest BCUT2D eigenvalue weighted by Crippen LogP contribution is 2.24. The van der Waals surface area contributed by atoms with Gasteiger partial charge in [0.15, 0.2) is 5.82 Å². The Morgan fingerprint density at radius 1 is 1.37 bits per heavy atom. The zero-order valence-electron chi connectivity index (χ0n) is 10.9. The highest BCUT2D eigenvalue weighted by Gasteiger charge is 2.22. The summed E-state index contributed by atoms with van der Waals surface area (Å²) in [5.74, 6) is 2.26. The molecule has 0 saturated carbocycles. The van der Waals surface area contributed by atoms with Gasteiger partial charge in [-0.3, -0.25) is 0 Å². The Bertz CT molecular complexity index is 532. The summed E-state index contributed by atoms with van der Waals surface area (Å²) in [6.07, 6.45) is 2.27. The van der Waals surface area contributed by atoms with Crippen molar-refractivity contribution in [3.8, 4) is 0 Å². The largest absolute Gasteiger partial charge is 0.338 e. The predicted molar refractivity (Wildman–Crippen MR) is 75.0 cm³/mol. The van der Waals surface area contributed by atoms with E-state index in [4.69, 9.17) is 4.52 Å². The molecular weight excluding hydrogens is 258 g/mol. The molecule has 1 saturated heterocycles. The van der Waals surface area contributed by atoms with E-state index in [1.54, 1.807) is 11.8 Å². The molecule has 1 aromatic carbocycles. The van der Waals surface area contributed by atoms with E-state index in [1.807, 2.05) is 0 Å². The number of aryl methyl sites for hydroxylation is 1. The third-order valence-electron chi connectivity index (χ3n) is 3.23. The zero-order chi connectivity index (χ0) is 13.1. The van der Waals surface area contributed by atoms with Crippen LogP contribution in [0.15, 0.2) is 33.7 Å². The van der Waals surface area contributed by atoms with Crippen molar-refractivity contribution in [2.45, 2.75) is 36.5 Å². The Kier molecular flexibility index (Phi) is 3.84. The van der Waals surface area contributed by atoms with Crippen LogP contribution < -0.4 is 5.32 Å². The fourth-order valence-electron chi connectivity index (χ4n) is 2.15. The first-order valence-corrected chi connectivity index (χ1v) is 7.55. The van der Waals surface area contributed by atoms with Gasteiger partial charge in [0.25, 0.3) is 0 Å². The number of thioether (sulfide) groups is 1. The number of rotatable bonds is 4. The number of nitrogens with zero attached hydrogens (tertiary/aromatic N) is 2. The van der Waals surface area contributed by atoms with E-state index < -0.39 is 0 Å². The SMILES string of the molecule is Cc1ccc(SCc2noc(C3CCCN3)n2)cc1. The molecule has 0 radical (unpaired) electrons. The Hall–Kier alpha value is -1.33. The van der Waals surface area contributed by atoms with Crippen molar-refractivity contribution in [3.05, 3.63) is 41.5 Å². The number of hydrogen-bond acceptors (Lipinski definition) is 5. The minimum Gasteiger partial charge on any atom is -0.338 e. The van der Waals surface area contributed by atoms with Crippen molar-refractivity contribution in [1.82, 2.24) is 15.5 Å². The molecule has 1 fully saturated rings. The first-order valence-electron chi connectivity index (χ1n) is 6.56. The first kappa shape index (κ1) is 12.7. The molecule has 4 nitrogen and oxygen atoms in total. The fourth-order valence-corrected chi connectivity index (χ4v) is 2.89. The standard InChI is InChI=1S/C14H17N3OS/c1-10-4-6-11(7-5-10)19-9-13-16-14(18-17-13)12-3-2-8-15-12/h4-7,12,15H,2-3,8-9H2,1H3. The Labute approximate surface area is 117 Å². The molecule has 100 valence electrons. The van der Waals surface area contributed by atoms with Gasteiger partial charge in [0.1, 0.15) is 0 Å². The molecule has 1 aliphatic heterocycles. The van der Waals surface area contributed by atoms with E-state index in [1.165, 1.54) is 16.9 Å². The van der Waals surface area contributed by atoms with E-state index in [0.717, 1.165) is 30.4 Å². The summed E-state index contributed by atoms with van der Waals surface area (Å²) in [6, 6.07) is 8.74. The lowest BCUT2D eigenvalue weighted by molar-refractivity contribution is 0.342. The van der Waals surface area contributed by atoms with E-state index in [2.05, 4.69) is 46.6 Å². The summed E-state index contributed by atoms with van der Waals surface area (Å²) < 4.78 is 5.32. The van der Waals surface area contributed by atoms with Crippen LogP contribution in [0.1, 0.15) is 36.2 Å². The van der Waals surface area contributed by atoms with Gasteiger partial charge in [-0.1, -0.05) is 22.9 Å². The van der Waals surface area contributed by atoms with Crippen LogP contribution in [0.3, 0.4) is 0 Å². The van der Waals surface area contributed by atoms with Gasteiger partial charge in [-0.05, 0) is 38.4 Å². The van der Waals surface area contributed by atoms with Gasteiger partial charge in [0, 0.05) is 4.90 Å². The lowest BCUT2D eigenvalue weighted by atomic mass is 10.2. The predicted octanol–water partition coefficient (Wildman–Crippen LogP) is 3.09. The third kappa shape index (κ3) is 3.16. The van der Waals surface area contributed by atoms with Crippen LogP contribution >= 0.6 is 11.8 Å². The third-order valence-corrected chi connectivity index (χ3v) is 4.24. The van der Waals surface area contributed by atoms with E-state index in [0.29, 0.717) is 0 Å². The number of hydrogen-bond donors (Lipinski definition) is 1. The second-order valence-electron chi connectivity index (χ2n) is 4.80. The molecule has 1 aromatic heterocycles. The second-order valence-corrected chi connectivity index (χ2v) is 5.85. The molecule has 1 unspecified atom stereocenters. The van der Waals surface area contributed by atoms with Crippen LogP contribution in [-0.4, -0.2) is 16.7 Å². The zero-order valence-corrected chi connectivity index (χ0v) is 11.7. The van der Waals surface area contributed by atoms with Gasteiger partial charge >= 0.3 is 0 Å². The molecule has 1 aliphatic rings. The summed E-state index contributed by atoms with van der Waals surface area (Å²) >= 11 is 1.73. The highest BCUT2D eigenvalue weighted by molar-refractivity contribution is 7.98. The van der Waals surface area contributed by atoms with Crippen molar-refractivity contribution in [2.75, 3.05) is 6.54 Å². The van der Waals surface area contributed by atoms with Gasteiger partial charge in [-0.25, -0.2) is 0 Å². The van der Waals surface area contributed by atoms with Crippen LogP contribution in [0, 0.1) is 6.92 Å². The van der Waals surface area contributed by atoms with Gasteiger partial charge in [0.05, 0.1) is 11.8 Å². The summed E-state index contributed by atoms with van der Waals surface area (Å²) in [5.41, 5.74) is 1.28. The quantitative estimate of drug-likeness (QED) is 0.869. The van der Waals surface area contributed by atoms with Crippen LogP contribution in [0.5, 0.6) is 0 Å². The summed E-state index contributed by atoms with van der Waals surface area (Å²) in [6.45, 7) is 3.13. The van der Waals surface area contributed by atoms with Crippen LogP contribution in [0.2, 0.25) is 0 Å². The number of benzene rings is 1. The smallest absolute Gasteiger partial charge is 0.243 e. The van der Waals surface area contributed by atoms with Gasteiger partial charge in [-0.2, -0.15) is 4.98 Å². The van der Waals surface area contributed by atoms with Crippen molar-refractivity contribution in [1.29, 1.82) is 0 Å². The molecular formula is C14H17N3OS. The van der Waals surface area contributed by atoms with Gasteiger partial charge in [-0.15, -0.1) is 11.8 Å². The summed E-state index contributed by atoms with van der Waals surface area (Å²) in [7, 11) is 0. The average Bonchev–Trinajstić information content (AvgIpc) is 3.09. The highest BCUT2D eigenvalue weighted by atomic mass is 32.2. The molecule has 0 amide bonds. The normalized spacial score (nSPS) is 18.9. The molecule has 1 atom stereocenters. The van der Waals surface area contributed by atoms with Crippen LogP contribution in [-0.2, 0) is 5.75 Å². The van der Waals surface area contributed by atoms with Crippen molar-refractivity contribution >= 4 is 11.8 Å². The van der Waals surface area contributed by atoms with Crippen molar-refractivity contribution in [2.24, 2.45) is 0 Å². The second kappa shape index (κ2) is 5.75. The van der Waals surface area contributed by atoms with Gasteiger partial charge in [0.2, 0.25) is 5.89 Å². The summed E-state index contributed by atoms with van der Waals surface area (Å²) in [4.78, 5) is 5.70. The monoisotopic (exact) mass is 275 g/mol. The molecule has 0 aliphatic carbocycles. The number of nitrogens with one attached hydrogen (secondary N) is 1. The molecule has 1 N–H and O–H groups in total. The topological polar surface area (TPSA) is 51.0 Å². The van der Waals surface area contributed by atoms with Crippen LogP contribution in [0.25, 0.3) is 0 Å². The Balaban J connectivity index is 1.59. The van der Waals surface area contributed by atoms with E-state index >= 15 is 0 Å². The van der Waals surface area contributed by atoms with Crippen molar-refractivity contribution in [3.63, 3.8) is 0 Å². The lowest BCUT2D eigenvalue weighted by Gasteiger charge is -2.01. The first-order chi connectivity index (χ1) is 9.31. The molecule has 2 aromatic rings. The Morgan fingerprint density at radius 2 is 2.21 bits per heavy atom.